The van der Waals surface area contributed by atoms with Crippen LogP contribution in [0.4, 0.5) is 18.9 Å². The van der Waals surface area contributed by atoms with E-state index in [1.807, 2.05) is 6.07 Å². The van der Waals surface area contributed by atoms with Gasteiger partial charge in [-0.3, -0.25) is 0 Å². The van der Waals surface area contributed by atoms with E-state index in [2.05, 4.69) is 15.9 Å². The fourth-order valence-corrected chi connectivity index (χ4v) is 1.94. The maximum Gasteiger partial charge on any atom is 0.405 e. The number of halogens is 4. The van der Waals surface area contributed by atoms with Gasteiger partial charge in [0.05, 0.1) is 18.2 Å². The standard InChI is InChI=1S/C11H10BrF3N2O/c12-9-3-8(6-16)4-10(5-9)17(1-2-18)7-11(13,14)15/h3-5,18H,1-2,7H2. The van der Waals surface area contributed by atoms with Crippen LogP contribution in [-0.4, -0.2) is 31.0 Å². The van der Waals surface area contributed by atoms with E-state index in [1.54, 1.807) is 0 Å². The second-order valence-corrected chi connectivity index (χ2v) is 4.49. The Hall–Kier alpha value is -1.26. The first-order valence-electron chi connectivity index (χ1n) is 4.99. The third-order valence-corrected chi connectivity index (χ3v) is 2.57. The van der Waals surface area contributed by atoms with Gasteiger partial charge in [-0.25, -0.2) is 0 Å². The van der Waals surface area contributed by atoms with Crippen LogP contribution in [0.1, 0.15) is 5.56 Å². The number of anilines is 1. The molecule has 1 aromatic carbocycles. The van der Waals surface area contributed by atoms with E-state index in [0.717, 1.165) is 4.90 Å². The van der Waals surface area contributed by atoms with E-state index in [-0.39, 0.29) is 17.8 Å². The van der Waals surface area contributed by atoms with Crippen LogP contribution < -0.4 is 4.90 Å². The van der Waals surface area contributed by atoms with Crippen molar-refractivity contribution in [3.05, 3.63) is 28.2 Å². The average molecular weight is 323 g/mol. The number of benzene rings is 1. The average Bonchev–Trinajstić information content (AvgIpc) is 2.26. The zero-order valence-electron chi connectivity index (χ0n) is 9.21. The summed E-state index contributed by atoms with van der Waals surface area (Å²) in [5, 5.41) is 17.6. The zero-order chi connectivity index (χ0) is 13.8. The Balaban J connectivity index is 3.05. The van der Waals surface area contributed by atoms with Gasteiger partial charge in [-0.05, 0) is 18.2 Å². The zero-order valence-corrected chi connectivity index (χ0v) is 10.8. The molecule has 0 saturated carbocycles. The van der Waals surface area contributed by atoms with Gasteiger partial charge in [0.1, 0.15) is 6.54 Å². The number of nitriles is 1. The normalized spacial score (nSPS) is 11.1. The number of rotatable bonds is 4. The van der Waals surface area contributed by atoms with Gasteiger partial charge in [-0.2, -0.15) is 18.4 Å². The molecule has 0 aromatic heterocycles. The number of hydrogen-bond donors (Lipinski definition) is 1. The van der Waals surface area contributed by atoms with Crippen LogP contribution in [0.2, 0.25) is 0 Å². The third kappa shape index (κ3) is 4.55. The molecular weight excluding hydrogens is 313 g/mol. The van der Waals surface area contributed by atoms with Crippen molar-refractivity contribution >= 4 is 21.6 Å². The van der Waals surface area contributed by atoms with E-state index < -0.39 is 19.3 Å². The number of alkyl halides is 3. The van der Waals surface area contributed by atoms with Gasteiger partial charge >= 0.3 is 6.18 Å². The summed E-state index contributed by atoms with van der Waals surface area (Å²) in [4.78, 5) is 0.978. The minimum absolute atomic E-state index is 0.152. The smallest absolute Gasteiger partial charge is 0.395 e. The van der Waals surface area contributed by atoms with E-state index in [0.29, 0.717) is 4.47 Å². The summed E-state index contributed by atoms with van der Waals surface area (Å²) in [5.41, 5.74) is 0.497. The Kier molecular flexibility index (Phi) is 4.99. The molecule has 98 valence electrons. The quantitative estimate of drug-likeness (QED) is 0.927. The lowest BCUT2D eigenvalue weighted by Crippen LogP contribution is -2.36. The highest BCUT2D eigenvalue weighted by atomic mass is 79.9. The van der Waals surface area contributed by atoms with Crippen LogP contribution in [0, 0.1) is 11.3 Å². The van der Waals surface area contributed by atoms with Crippen LogP contribution in [0.15, 0.2) is 22.7 Å². The first kappa shape index (κ1) is 14.8. The summed E-state index contributed by atoms with van der Waals surface area (Å²) in [5.74, 6) is 0. The van der Waals surface area contributed by atoms with Crippen molar-refractivity contribution in [1.82, 2.24) is 0 Å². The van der Waals surface area contributed by atoms with Gasteiger partial charge in [0.15, 0.2) is 0 Å². The SMILES string of the molecule is N#Cc1cc(Br)cc(N(CCO)CC(F)(F)F)c1. The van der Waals surface area contributed by atoms with Gasteiger partial charge < -0.3 is 10.0 Å². The van der Waals surface area contributed by atoms with Crippen LogP contribution in [0.25, 0.3) is 0 Å². The third-order valence-electron chi connectivity index (χ3n) is 2.12. The molecule has 0 aliphatic rings. The van der Waals surface area contributed by atoms with Crippen LogP contribution in [0.3, 0.4) is 0 Å². The van der Waals surface area contributed by atoms with Crippen molar-refractivity contribution in [3.8, 4) is 6.07 Å². The van der Waals surface area contributed by atoms with Crippen LogP contribution in [0.5, 0.6) is 0 Å². The Bertz CT molecular complexity index is 457. The van der Waals surface area contributed by atoms with Gasteiger partial charge in [-0.1, -0.05) is 15.9 Å². The molecule has 0 unspecified atom stereocenters. The molecule has 0 radical (unpaired) electrons. The highest BCUT2D eigenvalue weighted by Gasteiger charge is 2.30. The van der Waals surface area contributed by atoms with Gasteiger partial charge in [0.2, 0.25) is 0 Å². The number of aliphatic hydroxyl groups excluding tert-OH is 1. The number of hydrogen-bond acceptors (Lipinski definition) is 3. The first-order chi connectivity index (χ1) is 8.35. The van der Waals surface area contributed by atoms with E-state index in [9.17, 15) is 13.2 Å². The van der Waals surface area contributed by atoms with Crippen molar-refractivity contribution in [3.63, 3.8) is 0 Å². The summed E-state index contributed by atoms with van der Waals surface area (Å²) >= 11 is 3.13. The second kappa shape index (κ2) is 6.07. The molecule has 0 saturated heterocycles. The monoisotopic (exact) mass is 322 g/mol. The molecular formula is C11H10BrF3N2O. The molecule has 0 amide bonds. The summed E-state index contributed by atoms with van der Waals surface area (Å²) in [6.45, 7) is -1.72. The summed E-state index contributed by atoms with van der Waals surface area (Å²) < 4.78 is 37.7. The minimum atomic E-state index is -4.37. The van der Waals surface area contributed by atoms with Crippen molar-refractivity contribution in [2.45, 2.75) is 6.18 Å². The Labute approximate surface area is 111 Å². The summed E-state index contributed by atoms with van der Waals surface area (Å²) in [6, 6.07) is 6.20. The lowest BCUT2D eigenvalue weighted by Gasteiger charge is -2.25. The number of nitrogens with zero attached hydrogens (tertiary/aromatic N) is 2. The summed E-state index contributed by atoms with van der Waals surface area (Å²) in [6.07, 6.45) is -4.37. The molecule has 0 atom stereocenters. The second-order valence-electron chi connectivity index (χ2n) is 3.57. The maximum absolute atomic E-state index is 12.4. The molecule has 18 heavy (non-hydrogen) atoms. The lowest BCUT2D eigenvalue weighted by molar-refractivity contribution is -0.119. The Morgan fingerprint density at radius 2 is 2.00 bits per heavy atom. The molecule has 0 heterocycles. The van der Waals surface area contributed by atoms with Gasteiger partial charge in [0, 0.05) is 16.7 Å². The summed E-state index contributed by atoms with van der Waals surface area (Å²) in [7, 11) is 0. The fourth-order valence-electron chi connectivity index (χ4n) is 1.46. The molecule has 3 nitrogen and oxygen atoms in total. The first-order valence-corrected chi connectivity index (χ1v) is 5.78. The van der Waals surface area contributed by atoms with Gasteiger partial charge in [-0.15, -0.1) is 0 Å². The highest BCUT2D eigenvalue weighted by Crippen LogP contribution is 2.26. The molecule has 0 bridgehead atoms. The molecule has 1 N–H and O–H groups in total. The van der Waals surface area contributed by atoms with Crippen molar-refractivity contribution in [2.75, 3.05) is 24.6 Å². The molecule has 1 aromatic rings. The molecule has 7 heteroatoms. The molecule has 1 rings (SSSR count). The molecule has 0 aliphatic heterocycles. The van der Waals surface area contributed by atoms with E-state index in [1.165, 1.54) is 18.2 Å². The van der Waals surface area contributed by atoms with Crippen molar-refractivity contribution in [2.24, 2.45) is 0 Å². The minimum Gasteiger partial charge on any atom is -0.395 e. The Morgan fingerprint density at radius 1 is 1.33 bits per heavy atom. The predicted molar refractivity (Wildman–Crippen MR) is 64.2 cm³/mol. The lowest BCUT2D eigenvalue weighted by atomic mass is 10.2. The predicted octanol–water partition coefficient (Wildman–Crippen LogP) is 2.68. The maximum atomic E-state index is 12.4. The van der Waals surface area contributed by atoms with E-state index in [4.69, 9.17) is 10.4 Å². The molecule has 0 fully saturated rings. The van der Waals surface area contributed by atoms with Crippen molar-refractivity contribution < 1.29 is 18.3 Å². The van der Waals surface area contributed by atoms with Crippen LogP contribution >= 0.6 is 15.9 Å². The molecule has 0 spiro atoms. The number of aliphatic hydroxyl groups is 1. The van der Waals surface area contributed by atoms with Crippen LogP contribution in [-0.2, 0) is 0 Å². The fraction of sp³-hybridized carbons (Fsp3) is 0.364. The topological polar surface area (TPSA) is 47.3 Å². The largest absolute Gasteiger partial charge is 0.405 e. The van der Waals surface area contributed by atoms with E-state index >= 15 is 0 Å². The Morgan fingerprint density at radius 3 is 2.50 bits per heavy atom. The highest BCUT2D eigenvalue weighted by molar-refractivity contribution is 9.10. The molecule has 0 aliphatic carbocycles. The van der Waals surface area contributed by atoms with Crippen molar-refractivity contribution in [1.29, 1.82) is 5.26 Å². The van der Waals surface area contributed by atoms with Gasteiger partial charge in [0.25, 0.3) is 0 Å².